The Bertz CT molecular complexity index is 2040. The summed E-state index contributed by atoms with van der Waals surface area (Å²) in [6, 6.07) is 18.7. The standard InChI is InChI=1S/C43H59N5O7S/c1-5-7-8-9-10-11-12-13-14-15-16-17-18-20-34-21-19-22-37(27-34)55-31-41(50)45-35-23-25-36(26-24-35)48-42(51)30-40(46-48)47(32(3)49)38-28-33(6-2)29-39(43(38)54-4)56(44,52)53/h19,21-30,46H,5-18,20,31H2,1-4H3,(H,45,50)(H2,44,52,53). The van der Waals surface area contributed by atoms with Crippen molar-refractivity contribution in [2.24, 2.45) is 5.14 Å². The third-order valence-electron chi connectivity index (χ3n) is 9.76. The summed E-state index contributed by atoms with van der Waals surface area (Å²) >= 11 is 0. The highest BCUT2D eigenvalue weighted by atomic mass is 32.2. The van der Waals surface area contributed by atoms with Crippen LogP contribution >= 0.6 is 0 Å². The first kappa shape index (κ1) is 43.8. The highest BCUT2D eigenvalue weighted by molar-refractivity contribution is 7.89. The largest absolute Gasteiger partial charge is 0.493 e. The van der Waals surface area contributed by atoms with E-state index in [0.29, 0.717) is 29.1 Å². The summed E-state index contributed by atoms with van der Waals surface area (Å²) in [5, 5.41) is 11.2. The summed E-state index contributed by atoms with van der Waals surface area (Å²) in [4.78, 5) is 39.8. The Labute approximate surface area is 331 Å². The zero-order valence-corrected chi connectivity index (χ0v) is 34.2. The molecule has 304 valence electrons. The first-order chi connectivity index (χ1) is 26.9. The molecule has 0 aliphatic carbocycles. The number of ether oxygens (including phenoxy) is 2. The average molecular weight is 790 g/mol. The molecule has 13 heteroatoms. The number of aromatic amines is 1. The van der Waals surface area contributed by atoms with E-state index in [9.17, 15) is 22.8 Å². The Morgan fingerprint density at radius 1 is 0.821 bits per heavy atom. The predicted octanol–water partition coefficient (Wildman–Crippen LogP) is 8.72. The Morgan fingerprint density at radius 3 is 2.02 bits per heavy atom. The van der Waals surface area contributed by atoms with Crippen molar-refractivity contribution in [1.82, 2.24) is 9.78 Å². The molecule has 0 fully saturated rings. The molecule has 0 saturated carbocycles. The van der Waals surface area contributed by atoms with E-state index in [-0.39, 0.29) is 34.7 Å². The quantitative estimate of drug-likeness (QED) is 0.0597. The van der Waals surface area contributed by atoms with Gasteiger partial charge in [-0.1, -0.05) is 103 Å². The topological polar surface area (TPSA) is 166 Å². The third kappa shape index (κ3) is 13.1. The average Bonchev–Trinajstić information content (AvgIpc) is 3.55. The highest BCUT2D eigenvalue weighted by Crippen LogP contribution is 2.39. The lowest BCUT2D eigenvalue weighted by Crippen LogP contribution is -2.25. The monoisotopic (exact) mass is 789 g/mol. The van der Waals surface area contributed by atoms with Crippen LogP contribution in [0.5, 0.6) is 11.5 Å². The van der Waals surface area contributed by atoms with Gasteiger partial charge < -0.3 is 14.8 Å². The van der Waals surface area contributed by atoms with Crippen LogP contribution in [0.1, 0.15) is 115 Å². The number of H-pyrrole nitrogens is 1. The number of anilines is 3. The normalized spacial score (nSPS) is 11.4. The summed E-state index contributed by atoms with van der Waals surface area (Å²) < 4.78 is 37.3. The van der Waals surface area contributed by atoms with E-state index < -0.39 is 21.5 Å². The molecule has 1 heterocycles. The smallest absolute Gasteiger partial charge is 0.273 e. The lowest BCUT2D eigenvalue weighted by Gasteiger charge is -2.24. The van der Waals surface area contributed by atoms with Gasteiger partial charge in [-0.2, -0.15) is 0 Å². The van der Waals surface area contributed by atoms with Crippen LogP contribution in [-0.2, 0) is 32.5 Å². The van der Waals surface area contributed by atoms with E-state index in [0.717, 1.165) is 17.7 Å². The zero-order valence-electron chi connectivity index (χ0n) is 33.4. The van der Waals surface area contributed by atoms with Crippen LogP contribution in [0.25, 0.3) is 5.69 Å². The van der Waals surface area contributed by atoms with E-state index in [1.54, 1.807) is 30.3 Å². The first-order valence-electron chi connectivity index (χ1n) is 19.9. The van der Waals surface area contributed by atoms with Crippen molar-refractivity contribution in [3.8, 4) is 17.2 Å². The number of benzene rings is 3. The Balaban J connectivity index is 1.27. The van der Waals surface area contributed by atoms with Crippen LogP contribution in [0.3, 0.4) is 0 Å². The molecule has 0 radical (unpaired) electrons. The maximum absolute atomic E-state index is 13.1. The number of hydrogen-bond acceptors (Lipinski definition) is 7. The number of carbonyl (C=O) groups is 2. The summed E-state index contributed by atoms with van der Waals surface area (Å²) in [5.41, 5.74) is 2.34. The number of sulfonamides is 1. The molecule has 0 spiro atoms. The number of methoxy groups -OCH3 is 1. The van der Waals surface area contributed by atoms with Gasteiger partial charge in [-0.3, -0.25) is 24.4 Å². The van der Waals surface area contributed by atoms with Crippen LogP contribution in [0, 0.1) is 0 Å². The van der Waals surface area contributed by atoms with Gasteiger partial charge in [0, 0.05) is 18.7 Å². The van der Waals surface area contributed by atoms with Crippen molar-refractivity contribution < 1.29 is 27.5 Å². The number of aryl methyl sites for hydroxylation is 2. The number of primary sulfonamides is 1. The van der Waals surface area contributed by atoms with Crippen molar-refractivity contribution in [1.29, 1.82) is 0 Å². The van der Waals surface area contributed by atoms with E-state index in [1.807, 2.05) is 25.1 Å². The van der Waals surface area contributed by atoms with Crippen molar-refractivity contribution in [2.75, 3.05) is 23.9 Å². The van der Waals surface area contributed by atoms with E-state index in [2.05, 4.69) is 23.4 Å². The molecular weight excluding hydrogens is 731 g/mol. The Hall–Kier alpha value is -4.88. The van der Waals surface area contributed by atoms with Gasteiger partial charge >= 0.3 is 0 Å². The molecule has 0 bridgehead atoms. The Morgan fingerprint density at radius 2 is 1.45 bits per heavy atom. The number of carbonyl (C=O) groups excluding carboxylic acids is 2. The molecule has 4 aromatic rings. The summed E-state index contributed by atoms with van der Waals surface area (Å²) in [7, 11) is -2.93. The van der Waals surface area contributed by atoms with Gasteiger partial charge in [-0.25, -0.2) is 18.2 Å². The number of nitrogens with zero attached hydrogens (tertiary/aromatic N) is 2. The predicted molar refractivity (Wildman–Crippen MR) is 223 cm³/mol. The van der Waals surface area contributed by atoms with Gasteiger partial charge in [0.1, 0.15) is 16.5 Å². The maximum atomic E-state index is 13.1. The summed E-state index contributed by atoms with van der Waals surface area (Å²) in [6.45, 7) is 5.20. The minimum atomic E-state index is -4.21. The number of nitrogens with one attached hydrogen (secondary N) is 2. The van der Waals surface area contributed by atoms with Gasteiger partial charge in [0.2, 0.25) is 15.9 Å². The van der Waals surface area contributed by atoms with E-state index in [4.69, 9.17) is 14.6 Å². The second-order valence-corrected chi connectivity index (χ2v) is 15.8. The van der Waals surface area contributed by atoms with Crippen LogP contribution in [-0.4, -0.2) is 43.7 Å². The molecular formula is C43H59N5O7S. The molecule has 0 saturated heterocycles. The van der Waals surface area contributed by atoms with E-state index in [1.165, 1.54) is 113 Å². The van der Waals surface area contributed by atoms with Crippen LogP contribution in [0.4, 0.5) is 17.2 Å². The maximum Gasteiger partial charge on any atom is 0.273 e. The fourth-order valence-electron chi connectivity index (χ4n) is 6.77. The van der Waals surface area contributed by atoms with Gasteiger partial charge in [0.05, 0.1) is 18.5 Å². The second kappa shape index (κ2) is 22.0. The fourth-order valence-corrected chi connectivity index (χ4v) is 7.53. The van der Waals surface area contributed by atoms with Crippen LogP contribution in [0.15, 0.2) is 76.4 Å². The van der Waals surface area contributed by atoms with Crippen molar-refractivity contribution in [3.63, 3.8) is 0 Å². The van der Waals surface area contributed by atoms with Gasteiger partial charge in [-0.05, 0) is 78.9 Å². The molecule has 0 aliphatic heterocycles. The fraction of sp³-hybridized carbons (Fsp3) is 0.465. The van der Waals surface area contributed by atoms with Crippen molar-refractivity contribution in [2.45, 2.75) is 122 Å². The van der Waals surface area contributed by atoms with Gasteiger partial charge in [0.25, 0.3) is 11.5 Å². The molecule has 2 amide bonds. The van der Waals surface area contributed by atoms with E-state index >= 15 is 0 Å². The molecule has 12 nitrogen and oxygen atoms in total. The molecule has 56 heavy (non-hydrogen) atoms. The van der Waals surface area contributed by atoms with Crippen LogP contribution in [0.2, 0.25) is 0 Å². The van der Waals surface area contributed by atoms with Gasteiger partial charge in [-0.15, -0.1) is 0 Å². The first-order valence-corrected chi connectivity index (χ1v) is 21.5. The van der Waals surface area contributed by atoms with Gasteiger partial charge in [0.15, 0.2) is 12.4 Å². The minimum absolute atomic E-state index is 0.0809. The number of nitrogens with two attached hydrogens (primary N) is 1. The van der Waals surface area contributed by atoms with Crippen molar-refractivity contribution in [3.05, 3.63) is 88.2 Å². The lowest BCUT2D eigenvalue weighted by atomic mass is 10.0. The Kier molecular flexibility index (Phi) is 17.2. The summed E-state index contributed by atoms with van der Waals surface area (Å²) in [6.07, 6.45) is 18.6. The SMILES string of the molecule is CCCCCCCCCCCCCCCc1cccc(OCC(=O)Nc2ccc(-n3[nH]c(N(C(C)=O)c4cc(CC)cc(S(N)(=O)=O)c4OC)cc3=O)cc2)c1. The molecule has 3 aromatic carbocycles. The molecule has 4 rings (SSSR count). The molecule has 4 N–H and O–H groups in total. The van der Waals surface area contributed by atoms with Crippen LogP contribution < -0.4 is 30.4 Å². The minimum Gasteiger partial charge on any atom is -0.493 e. The number of rotatable bonds is 24. The lowest BCUT2D eigenvalue weighted by molar-refractivity contribution is -0.118. The summed E-state index contributed by atoms with van der Waals surface area (Å²) in [5.74, 6) is -0.248. The third-order valence-corrected chi connectivity index (χ3v) is 10.7. The highest BCUT2D eigenvalue weighted by Gasteiger charge is 2.27. The number of aromatic nitrogens is 2. The molecule has 0 aliphatic rings. The number of hydrogen-bond donors (Lipinski definition) is 3. The second-order valence-electron chi connectivity index (χ2n) is 14.2. The molecule has 1 aromatic heterocycles. The zero-order chi connectivity index (χ0) is 40.5. The molecule has 0 unspecified atom stereocenters. The van der Waals surface area contributed by atoms with Crippen molar-refractivity contribution >= 4 is 39.0 Å². The molecule has 0 atom stereocenters. The number of unbranched alkanes of at least 4 members (excludes halogenated alkanes) is 12. The number of amides is 2.